The van der Waals surface area contributed by atoms with Crippen LogP contribution in [0.15, 0.2) is 12.1 Å². The zero-order valence-corrected chi connectivity index (χ0v) is 13.9. The Morgan fingerprint density at radius 3 is 2.95 bits per heavy atom. The molecule has 2 fully saturated rings. The van der Waals surface area contributed by atoms with Gasteiger partial charge in [-0.15, -0.1) is 11.3 Å². The van der Waals surface area contributed by atoms with Crippen LogP contribution in [0.3, 0.4) is 0 Å². The van der Waals surface area contributed by atoms with Crippen LogP contribution < -0.4 is 5.32 Å². The number of nitrogens with zero attached hydrogens (tertiary/aromatic N) is 1. The van der Waals surface area contributed by atoms with Gasteiger partial charge in [-0.05, 0) is 56.7 Å². The number of likely N-dealkylation sites (tertiary alicyclic amines) is 1. The summed E-state index contributed by atoms with van der Waals surface area (Å²) in [5.74, 6) is 0.916. The minimum Gasteiger partial charge on any atom is -0.353 e. The maximum Gasteiger partial charge on any atom is 0.220 e. The highest BCUT2D eigenvalue weighted by molar-refractivity contribution is 7.16. The zero-order valence-electron chi connectivity index (χ0n) is 12.3. The summed E-state index contributed by atoms with van der Waals surface area (Å²) >= 11 is 7.67. The maximum absolute atomic E-state index is 11.8. The van der Waals surface area contributed by atoms with Crippen molar-refractivity contribution in [3.63, 3.8) is 0 Å². The molecule has 5 heteroatoms. The Balaban J connectivity index is 1.41. The number of rotatable bonds is 6. The molecule has 21 heavy (non-hydrogen) atoms. The van der Waals surface area contributed by atoms with Gasteiger partial charge in [-0.1, -0.05) is 11.6 Å². The van der Waals surface area contributed by atoms with E-state index in [0.29, 0.717) is 18.4 Å². The van der Waals surface area contributed by atoms with Crippen molar-refractivity contribution in [1.82, 2.24) is 10.2 Å². The highest BCUT2D eigenvalue weighted by Crippen LogP contribution is 2.26. The summed E-state index contributed by atoms with van der Waals surface area (Å²) in [5, 5.41) is 3.08. The first kappa shape index (κ1) is 15.3. The molecule has 1 atom stereocenters. The molecule has 0 spiro atoms. The molecule has 116 valence electrons. The first-order valence-corrected chi connectivity index (χ1v) is 9.14. The second kappa shape index (κ2) is 7.12. The van der Waals surface area contributed by atoms with Crippen LogP contribution in [-0.2, 0) is 11.3 Å². The third-order valence-electron chi connectivity index (χ3n) is 4.33. The number of carbonyl (C=O) groups is 1. The van der Waals surface area contributed by atoms with Gasteiger partial charge in [0.25, 0.3) is 0 Å². The van der Waals surface area contributed by atoms with Gasteiger partial charge in [0.2, 0.25) is 5.91 Å². The second-order valence-electron chi connectivity index (χ2n) is 6.33. The van der Waals surface area contributed by atoms with Crippen molar-refractivity contribution in [1.29, 1.82) is 0 Å². The van der Waals surface area contributed by atoms with Gasteiger partial charge in [-0.2, -0.15) is 0 Å². The van der Waals surface area contributed by atoms with Crippen molar-refractivity contribution in [2.24, 2.45) is 5.92 Å². The third kappa shape index (κ3) is 4.97. The first-order chi connectivity index (χ1) is 10.2. The number of hydrogen-bond donors (Lipinski definition) is 1. The Bertz CT molecular complexity index is 486. The summed E-state index contributed by atoms with van der Waals surface area (Å²) in [5.41, 5.74) is 0. The molecule has 3 nitrogen and oxygen atoms in total. The Hall–Kier alpha value is -0.580. The molecule has 0 bridgehead atoms. The smallest absolute Gasteiger partial charge is 0.220 e. The fraction of sp³-hybridized carbons (Fsp3) is 0.688. The predicted molar refractivity (Wildman–Crippen MR) is 87.7 cm³/mol. The minimum atomic E-state index is 0.250. The summed E-state index contributed by atoms with van der Waals surface area (Å²) in [4.78, 5) is 15.6. The number of hydrogen-bond acceptors (Lipinski definition) is 3. The lowest BCUT2D eigenvalue weighted by Crippen LogP contribution is -2.35. The lowest BCUT2D eigenvalue weighted by molar-refractivity contribution is -0.121. The predicted octanol–water partition coefficient (Wildman–Crippen LogP) is 3.67. The van der Waals surface area contributed by atoms with Crippen LogP contribution in [0.2, 0.25) is 4.34 Å². The van der Waals surface area contributed by atoms with Gasteiger partial charge < -0.3 is 5.32 Å². The van der Waals surface area contributed by atoms with Crippen molar-refractivity contribution < 1.29 is 4.79 Å². The topological polar surface area (TPSA) is 32.3 Å². The van der Waals surface area contributed by atoms with Crippen LogP contribution >= 0.6 is 22.9 Å². The van der Waals surface area contributed by atoms with Crippen molar-refractivity contribution in [2.75, 3.05) is 13.1 Å². The molecule has 1 aliphatic heterocycles. The van der Waals surface area contributed by atoms with Crippen molar-refractivity contribution in [3.8, 4) is 0 Å². The standard InChI is InChI=1S/C16H23ClN2OS/c17-15-7-6-14(21-15)11-19-9-1-2-12(10-19)3-8-16(20)18-13-4-5-13/h6-7,12-13H,1-5,8-11H2,(H,18,20)/t12-/m0/s1. The molecule has 1 saturated carbocycles. The summed E-state index contributed by atoms with van der Waals surface area (Å²) in [6.45, 7) is 3.29. The molecule has 1 N–H and O–H groups in total. The molecule has 1 aliphatic carbocycles. The van der Waals surface area contributed by atoms with Gasteiger partial charge >= 0.3 is 0 Å². The highest BCUT2D eigenvalue weighted by atomic mass is 35.5. The van der Waals surface area contributed by atoms with E-state index < -0.39 is 0 Å². The Kier molecular flexibility index (Phi) is 5.19. The van der Waals surface area contributed by atoms with Gasteiger partial charge in [0.1, 0.15) is 0 Å². The third-order valence-corrected chi connectivity index (χ3v) is 5.55. The van der Waals surface area contributed by atoms with Gasteiger partial charge in [-0.25, -0.2) is 0 Å². The minimum absolute atomic E-state index is 0.250. The van der Waals surface area contributed by atoms with Crippen molar-refractivity contribution in [2.45, 2.75) is 51.1 Å². The molecule has 1 aromatic heterocycles. The number of carbonyl (C=O) groups excluding carboxylic acids is 1. The van der Waals surface area contributed by atoms with E-state index in [0.717, 1.165) is 23.8 Å². The Morgan fingerprint density at radius 1 is 1.38 bits per heavy atom. The van der Waals surface area contributed by atoms with E-state index in [1.54, 1.807) is 11.3 Å². The van der Waals surface area contributed by atoms with Gasteiger partial charge in [0, 0.05) is 30.4 Å². The lowest BCUT2D eigenvalue weighted by Gasteiger charge is -2.32. The molecule has 0 aromatic carbocycles. The summed E-state index contributed by atoms with van der Waals surface area (Å²) < 4.78 is 0.871. The molecule has 3 rings (SSSR count). The monoisotopic (exact) mass is 326 g/mol. The highest BCUT2D eigenvalue weighted by Gasteiger charge is 2.25. The van der Waals surface area contributed by atoms with Crippen LogP contribution in [0.5, 0.6) is 0 Å². The number of thiophene rings is 1. The zero-order chi connectivity index (χ0) is 14.7. The number of nitrogens with one attached hydrogen (secondary N) is 1. The molecule has 2 aliphatic rings. The number of halogens is 1. The molecule has 0 radical (unpaired) electrons. The SMILES string of the molecule is O=C(CC[C@@H]1CCCN(Cc2ccc(Cl)s2)C1)NC1CC1. The normalized spacial score (nSPS) is 23.2. The van der Waals surface area contributed by atoms with E-state index in [1.165, 1.54) is 37.1 Å². The molecule has 2 heterocycles. The largest absolute Gasteiger partial charge is 0.353 e. The molecule has 0 unspecified atom stereocenters. The van der Waals surface area contributed by atoms with E-state index in [2.05, 4.69) is 16.3 Å². The average molecular weight is 327 g/mol. The molecule has 1 aromatic rings. The van der Waals surface area contributed by atoms with Crippen LogP contribution in [0, 0.1) is 5.92 Å². The molecular weight excluding hydrogens is 304 g/mol. The Morgan fingerprint density at radius 2 is 2.24 bits per heavy atom. The number of piperidine rings is 1. The lowest BCUT2D eigenvalue weighted by atomic mass is 9.93. The average Bonchev–Trinajstić information content (AvgIpc) is 3.18. The Labute approximate surface area is 135 Å². The van der Waals surface area contributed by atoms with Crippen molar-refractivity contribution >= 4 is 28.8 Å². The van der Waals surface area contributed by atoms with E-state index in [9.17, 15) is 4.79 Å². The van der Waals surface area contributed by atoms with Gasteiger partial charge in [0.05, 0.1) is 4.34 Å². The summed E-state index contributed by atoms with van der Waals surface area (Å²) in [6, 6.07) is 4.59. The maximum atomic E-state index is 11.8. The van der Waals surface area contributed by atoms with Crippen LogP contribution in [0.4, 0.5) is 0 Å². The van der Waals surface area contributed by atoms with Crippen LogP contribution in [0.25, 0.3) is 0 Å². The van der Waals surface area contributed by atoms with E-state index in [4.69, 9.17) is 11.6 Å². The van der Waals surface area contributed by atoms with E-state index in [1.807, 2.05) is 6.07 Å². The summed E-state index contributed by atoms with van der Waals surface area (Å²) in [7, 11) is 0. The van der Waals surface area contributed by atoms with Gasteiger partial charge in [-0.3, -0.25) is 9.69 Å². The summed E-state index contributed by atoms with van der Waals surface area (Å²) in [6.07, 6.45) is 6.57. The molecule has 1 saturated heterocycles. The fourth-order valence-corrected chi connectivity index (χ4v) is 4.18. The van der Waals surface area contributed by atoms with Crippen LogP contribution in [0.1, 0.15) is 43.4 Å². The second-order valence-corrected chi connectivity index (χ2v) is 8.13. The van der Waals surface area contributed by atoms with E-state index >= 15 is 0 Å². The molecule has 1 amide bonds. The fourth-order valence-electron chi connectivity index (χ4n) is 3.05. The van der Waals surface area contributed by atoms with Gasteiger partial charge in [0.15, 0.2) is 0 Å². The first-order valence-electron chi connectivity index (χ1n) is 7.95. The van der Waals surface area contributed by atoms with Crippen LogP contribution in [-0.4, -0.2) is 29.9 Å². The number of amides is 1. The quantitative estimate of drug-likeness (QED) is 0.865. The molecular formula is C16H23ClN2OS. The van der Waals surface area contributed by atoms with Crippen molar-refractivity contribution in [3.05, 3.63) is 21.3 Å². The van der Waals surface area contributed by atoms with E-state index in [-0.39, 0.29) is 5.91 Å².